The summed E-state index contributed by atoms with van der Waals surface area (Å²) < 4.78 is 28.1. The van der Waals surface area contributed by atoms with Gasteiger partial charge in [-0.15, -0.1) is 0 Å². The zero-order valence-electron chi connectivity index (χ0n) is 17.1. The van der Waals surface area contributed by atoms with Crippen LogP contribution >= 0.6 is 0 Å². The van der Waals surface area contributed by atoms with Crippen molar-refractivity contribution in [1.29, 1.82) is 5.26 Å². The summed E-state index contributed by atoms with van der Waals surface area (Å²) >= 11 is 0. The summed E-state index contributed by atoms with van der Waals surface area (Å²) in [6.07, 6.45) is 4.68. The number of halogens is 2. The van der Waals surface area contributed by atoms with Gasteiger partial charge in [-0.1, -0.05) is 6.07 Å². The first-order valence-corrected chi connectivity index (χ1v) is 10.1. The number of nitrogens with one attached hydrogen (secondary N) is 2. The minimum atomic E-state index is -3.15. The second-order valence-corrected chi connectivity index (χ2v) is 7.96. The Hall–Kier alpha value is -4.33. The average molecular weight is 449 g/mol. The van der Waals surface area contributed by atoms with E-state index in [9.17, 15) is 13.6 Å². The molecule has 1 aromatic carbocycles. The predicted molar refractivity (Wildman–Crippen MR) is 116 cm³/mol. The molecule has 5 rings (SSSR count). The molecule has 1 aliphatic heterocycles. The highest BCUT2D eigenvalue weighted by Crippen LogP contribution is 2.33. The number of benzene rings is 1. The van der Waals surface area contributed by atoms with Crippen molar-refractivity contribution in [2.75, 3.05) is 18.4 Å². The number of hydrogen-bond donors (Lipinski definition) is 3. The van der Waals surface area contributed by atoms with E-state index >= 15 is 0 Å². The Labute approximate surface area is 185 Å². The number of aromatic nitrogens is 4. The third-order valence-electron chi connectivity index (χ3n) is 5.60. The van der Waals surface area contributed by atoms with Crippen LogP contribution in [0.5, 0.6) is 0 Å². The molecule has 1 aliphatic rings. The monoisotopic (exact) mass is 449 g/mol. The lowest BCUT2D eigenvalue weighted by molar-refractivity contribution is -0.0613. The van der Waals surface area contributed by atoms with Crippen LogP contribution in [0.15, 0.2) is 43.0 Å². The van der Waals surface area contributed by atoms with Crippen molar-refractivity contribution in [3.05, 3.63) is 48.5 Å². The number of aromatic amines is 1. The normalized spacial score (nSPS) is 17.7. The maximum Gasteiger partial charge on any atom is 0.407 e. The Morgan fingerprint density at radius 1 is 1.30 bits per heavy atom. The van der Waals surface area contributed by atoms with Gasteiger partial charge in [0.15, 0.2) is 0 Å². The third kappa shape index (κ3) is 3.87. The fourth-order valence-electron chi connectivity index (χ4n) is 4.16. The third-order valence-corrected chi connectivity index (χ3v) is 5.60. The number of alkyl halides is 2. The van der Waals surface area contributed by atoms with Crippen molar-refractivity contribution in [3.63, 3.8) is 0 Å². The topological polar surface area (TPSA) is 131 Å². The highest BCUT2D eigenvalue weighted by atomic mass is 19.3. The first-order valence-electron chi connectivity index (χ1n) is 10.1. The van der Waals surface area contributed by atoms with E-state index in [-0.39, 0.29) is 12.5 Å². The van der Waals surface area contributed by atoms with Gasteiger partial charge in [0.2, 0.25) is 5.95 Å². The molecule has 3 N–H and O–H groups in total. The zero-order valence-corrected chi connectivity index (χ0v) is 17.1. The van der Waals surface area contributed by atoms with Crippen LogP contribution in [0.2, 0.25) is 0 Å². The Bertz CT molecular complexity index is 1430. The number of pyridine rings is 1. The van der Waals surface area contributed by atoms with E-state index in [0.717, 1.165) is 16.5 Å². The first-order chi connectivity index (χ1) is 15.8. The number of hydrogen-bond acceptors (Lipinski definition) is 6. The van der Waals surface area contributed by atoms with Crippen molar-refractivity contribution < 1.29 is 18.7 Å². The van der Waals surface area contributed by atoms with Gasteiger partial charge in [-0.3, -0.25) is 4.98 Å². The highest BCUT2D eigenvalue weighted by molar-refractivity contribution is 6.03. The van der Waals surface area contributed by atoms with E-state index in [2.05, 4.69) is 31.3 Å². The lowest BCUT2D eigenvalue weighted by Gasteiger charge is -2.36. The SMILES string of the molecule is N#Cc1ccc2c(-c3cncc4cnc(NC5CN(C(=O)O)CC(F)(F)C5)nc34)c[nH]c2c1. The minimum Gasteiger partial charge on any atom is -0.465 e. The molecule has 33 heavy (non-hydrogen) atoms. The van der Waals surface area contributed by atoms with E-state index in [4.69, 9.17) is 10.4 Å². The Morgan fingerprint density at radius 2 is 2.15 bits per heavy atom. The Balaban J connectivity index is 1.52. The Morgan fingerprint density at radius 3 is 2.94 bits per heavy atom. The van der Waals surface area contributed by atoms with Crippen LogP contribution in [0.1, 0.15) is 12.0 Å². The number of amides is 1. The van der Waals surface area contributed by atoms with Gasteiger partial charge in [-0.25, -0.2) is 23.5 Å². The number of carbonyl (C=O) groups is 1. The van der Waals surface area contributed by atoms with Crippen LogP contribution in [-0.4, -0.2) is 61.1 Å². The molecular formula is C22H17F2N7O2. The molecule has 1 unspecified atom stereocenters. The molecular weight excluding hydrogens is 432 g/mol. The summed E-state index contributed by atoms with van der Waals surface area (Å²) in [5.41, 5.74) is 3.39. The number of nitriles is 1. The van der Waals surface area contributed by atoms with Crippen LogP contribution in [0.3, 0.4) is 0 Å². The van der Waals surface area contributed by atoms with Gasteiger partial charge in [0.1, 0.15) is 0 Å². The fraction of sp³-hybridized carbons (Fsp3) is 0.227. The predicted octanol–water partition coefficient (Wildman–Crippen LogP) is 3.84. The average Bonchev–Trinajstić information content (AvgIpc) is 3.20. The number of H-pyrrole nitrogens is 1. The molecule has 1 amide bonds. The van der Waals surface area contributed by atoms with Gasteiger partial charge in [0.05, 0.1) is 29.7 Å². The minimum absolute atomic E-state index is 0.0980. The van der Waals surface area contributed by atoms with Gasteiger partial charge >= 0.3 is 6.09 Å². The Kier molecular flexibility index (Phi) is 4.78. The molecule has 1 atom stereocenters. The number of carboxylic acid groups (broad SMARTS) is 1. The molecule has 1 fully saturated rings. The molecule has 0 bridgehead atoms. The molecule has 0 radical (unpaired) electrons. The van der Waals surface area contributed by atoms with Gasteiger partial charge < -0.3 is 20.3 Å². The number of piperidine rings is 1. The first kappa shape index (κ1) is 20.6. The van der Waals surface area contributed by atoms with Crippen LogP contribution in [-0.2, 0) is 0 Å². The van der Waals surface area contributed by atoms with E-state index in [1.807, 2.05) is 6.07 Å². The molecule has 4 aromatic rings. The van der Waals surface area contributed by atoms with Crippen LogP contribution < -0.4 is 5.32 Å². The maximum atomic E-state index is 14.1. The second-order valence-electron chi connectivity index (χ2n) is 7.96. The van der Waals surface area contributed by atoms with E-state index < -0.39 is 31.0 Å². The summed E-state index contributed by atoms with van der Waals surface area (Å²) in [6.45, 7) is -0.928. The van der Waals surface area contributed by atoms with Crippen LogP contribution in [0.25, 0.3) is 32.9 Å². The molecule has 0 saturated carbocycles. The molecule has 3 aromatic heterocycles. The van der Waals surface area contributed by atoms with Crippen molar-refractivity contribution >= 4 is 33.8 Å². The number of rotatable bonds is 3. The van der Waals surface area contributed by atoms with Crippen LogP contribution in [0.4, 0.5) is 19.5 Å². The van der Waals surface area contributed by atoms with E-state index in [0.29, 0.717) is 26.9 Å². The van der Waals surface area contributed by atoms with Crippen LogP contribution in [0, 0.1) is 11.3 Å². The molecule has 0 spiro atoms. The summed E-state index contributed by atoms with van der Waals surface area (Å²) in [5.74, 6) is -3.03. The molecule has 9 nitrogen and oxygen atoms in total. The van der Waals surface area contributed by atoms with Crippen molar-refractivity contribution in [2.45, 2.75) is 18.4 Å². The summed E-state index contributed by atoms with van der Waals surface area (Å²) in [5, 5.41) is 22.7. The fourth-order valence-corrected chi connectivity index (χ4v) is 4.16. The summed E-state index contributed by atoms with van der Waals surface area (Å²) in [7, 11) is 0. The van der Waals surface area contributed by atoms with Gasteiger partial charge in [-0.05, 0) is 12.1 Å². The molecule has 1 saturated heterocycles. The smallest absolute Gasteiger partial charge is 0.407 e. The molecule has 0 aliphatic carbocycles. The molecule has 4 heterocycles. The van der Waals surface area contributed by atoms with Gasteiger partial charge in [-0.2, -0.15) is 5.26 Å². The number of anilines is 1. The number of fused-ring (bicyclic) bond motifs is 2. The second kappa shape index (κ2) is 7.67. The zero-order chi connectivity index (χ0) is 23.2. The van der Waals surface area contributed by atoms with Crippen molar-refractivity contribution in [2.24, 2.45) is 0 Å². The lowest BCUT2D eigenvalue weighted by Crippen LogP contribution is -2.53. The van der Waals surface area contributed by atoms with Crippen molar-refractivity contribution in [3.8, 4) is 17.2 Å². The largest absolute Gasteiger partial charge is 0.465 e. The van der Waals surface area contributed by atoms with Gasteiger partial charge in [0.25, 0.3) is 5.92 Å². The quantitative estimate of drug-likeness (QED) is 0.433. The standard InChI is InChI=1S/C22H17F2N7O2/c23-22(24)4-14(10-31(11-22)21(32)33)29-20-28-7-13-6-26-8-17(19(13)30-20)16-9-27-18-3-12(5-25)1-2-15(16)18/h1-3,6-9,14,27H,4,10-11H2,(H,32,33)(H,28,29,30). The molecule has 166 valence electrons. The summed E-state index contributed by atoms with van der Waals surface area (Å²) in [4.78, 5) is 28.1. The molecule has 11 heteroatoms. The summed E-state index contributed by atoms with van der Waals surface area (Å²) in [6, 6.07) is 6.57. The number of likely N-dealkylation sites (tertiary alicyclic amines) is 1. The number of nitrogens with zero attached hydrogens (tertiary/aromatic N) is 5. The lowest BCUT2D eigenvalue weighted by atomic mass is 10.0. The highest BCUT2D eigenvalue weighted by Gasteiger charge is 2.42. The van der Waals surface area contributed by atoms with E-state index in [1.54, 1.807) is 36.9 Å². The van der Waals surface area contributed by atoms with Gasteiger partial charge in [0, 0.05) is 65.2 Å². The van der Waals surface area contributed by atoms with E-state index in [1.165, 1.54) is 0 Å². The van der Waals surface area contributed by atoms with Crippen molar-refractivity contribution in [1.82, 2.24) is 24.8 Å². The maximum absolute atomic E-state index is 14.1.